The molecule has 0 radical (unpaired) electrons. The minimum atomic E-state index is 0.0642. The zero-order chi connectivity index (χ0) is 12.5. The predicted molar refractivity (Wildman–Crippen MR) is 74.2 cm³/mol. The van der Waals surface area contributed by atoms with Crippen LogP contribution in [0.5, 0.6) is 0 Å². The first kappa shape index (κ1) is 11.8. The Labute approximate surface area is 115 Å². The lowest BCUT2D eigenvalue weighted by Crippen LogP contribution is -2.35. The fourth-order valence-electron chi connectivity index (χ4n) is 2.23. The summed E-state index contributed by atoms with van der Waals surface area (Å²) >= 11 is 7.70. The molecule has 0 saturated heterocycles. The quantitative estimate of drug-likeness (QED) is 0.780. The van der Waals surface area contributed by atoms with E-state index in [1.165, 1.54) is 10.4 Å². The van der Waals surface area contributed by atoms with E-state index in [2.05, 4.69) is 11.4 Å². The van der Waals surface area contributed by atoms with E-state index in [0.717, 1.165) is 13.0 Å². The number of benzene rings is 1. The van der Waals surface area contributed by atoms with Crippen molar-refractivity contribution in [1.82, 2.24) is 4.90 Å². The van der Waals surface area contributed by atoms with E-state index in [1.807, 2.05) is 17.0 Å². The van der Waals surface area contributed by atoms with Crippen molar-refractivity contribution >= 4 is 28.8 Å². The van der Waals surface area contributed by atoms with Crippen molar-refractivity contribution < 1.29 is 4.79 Å². The maximum absolute atomic E-state index is 12.4. The van der Waals surface area contributed by atoms with Crippen LogP contribution in [0.25, 0.3) is 0 Å². The molecular weight excluding hydrogens is 266 g/mol. The predicted octanol–water partition coefficient (Wildman–Crippen LogP) is 3.60. The topological polar surface area (TPSA) is 20.3 Å². The van der Waals surface area contributed by atoms with Gasteiger partial charge in [-0.2, -0.15) is 0 Å². The Morgan fingerprint density at radius 1 is 1.33 bits per heavy atom. The van der Waals surface area contributed by atoms with Gasteiger partial charge in [0, 0.05) is 28.6 Å². The Morgan fingerprint density at radius 2 is 2.22 bits per heavy atom. The monoisotopic (exact) mass is 277 g/mol. The second-order valence-electron chi connectivity index (χ2n) is 4.36. The van der Waals surface area contributed by atoms with Crippen LogP contribution in [-0.2, 0) is 13.0 Å². The minimum Gasteiger partial charge on any atom is -0.334 e. The number of carbonyl (C=O) groups is 1. The Bertz CT molecular complexity index is 593. The Hall–Kier alpha value is -1.32. The van der Waals surface area contributed by atoms with E-state index < -0.39 is 0 Å². The van der Waals surface area contributed by atoms with Gasteiger partial charge in [0.2, 0.25) is 0 Å². The van der Waals surface area contributed by atoms with Gasteiger partial charge >= 0.3 is 0 Å². The molecule has 1 amide bonds. The molecule has 2 nitrogen and oxygen atoms in total. The molecule has 0 bridgehead atoms. The normalized spacial score (nSPS) is 14.4. The van der Waals surface area contributed by atoms with E-state index in [0.29, 0.717) is 17.1 Å². The lowest BCUT2D eigenvalue weighted by atomic mass is 10.1. The van der Waals surface area contributed by atoms with E-state index in [1.54, 1.807) is 23.5 Å². The van der Waals surface area contributed by atoms with Crippen molar-refractivity contribution in [3.8, 4) is 0 Å². The first-order valence-electron chi connectivity index (χ1n) is 5.84. The average Bonchev–Trinajstić information content (AvgIpc) is 2.85. The summed E-state index contributed by atoms with van der Waals surface area (Å²) in [4.78, 5) is 15.7. The van der Waals surface area contributed by atoms with Gasteiger partial charge < -0.3 is 4.90 Å². The van der Waals surface area contributed by atoms with E-state index >= 15 is 0 Å². The summed E-state index contributed by atoms with van der Waals surface area (Å²) < 4.78 is 0. The smallest absolute Gasteiger partial charge is 0.254 e. The highest BCUT2D eigenvalue weighted by Gasteiger charge is 2.22. The highest BCUT2D eigenvalue weighted by molar-refractivity contribution is 7.10. The van der Waals surface area contributed by atoms with Crippen LogP contribution in [0, 0.1) is 0 Å². The van der Waals surface area contributed by atoms with Gasteiger partial charge in [0.1, 0.15) is 0 Å². The molecule has 3 rings (SSSR count). The maximum atomic E-state index is 12.4. The molecule has 18 heavy (non-hydrogen) atoms. The van der Waals surface area contributed by atoms with Crippen molar-refractivity contribution in [2.75, 3.05) is 6.54 Å². The second kappa shape index (κ2) is 4.75. The molecule has 2 aromatic rings. The van der Waals surface area contributed by atoms with Crippen LogP contribution in [0.15, 0.2) is 35.7 Å². The van der Waals surface area contributed by atoms with Gasteiger partial charge in [-0.25, -0.2) is 0 Å². The van der Waals surface area contributed by atoms with Gasteiger partial charge in [0.15, 0.2) is 0 Å². The van der Waals surface area contributed by atoms with Crippen molar-refractivity contribution in [1.29, 1.82) is 0 Å². The summed E-state index contributed by atoms with van der Waals surface area (Å²) in [5, 5.41) is 2.70. The lowest BCUT2D eigenvalue weighted by molar-refractivity contribution is 0.0736. The number of hydrogen-bond acceptors (Lipinski definition) is 2. The summed E-state index contributed by atoms with van der Waals surface area (Å²) in [6.45, 7) is 1.50. The average molecular weight is 278 g/mol. The van der Waals surface area contributed by atoms with Crippen LogP contribution in [0.1, 0.15) is 20.8 Å². The molecule has 4 heteroatoms. The number of rotatable bonds is 1. The molecule has 1 aromatic carbocycles. The first-order valence-corrected chi connectivity index (χ1v) is 7.10. The fraction of sp³-hybridized carbons (Fsp3) is 0.214. The summed E-state index contributed by atoms with van der Waals surface area (Å²) in [7, 11) is 0. The maximum Gasteiger partial charge on any atom is 0.254 e. The van der Waals surface area contributed by atoms with Gasteiger partial charge in [-0.1, -0.05) is 17.7 Å². The number of fused-ring (bicyclic) bond motifs is 1. The summed E-state index contributed by atoms with van der Waals surface area (Å²) in [5.74, 6) is 0.0642. The molecule has 1 aromatic heterocycles. The number of hydrogen-bond donors (Lipinski definition) is 0. The van der Waals surface area contributed by atoms with Gasteiger partial charge in [0.05, 0.1) is 0 Å². The van der Waals surface area contributed by atoms with Crippen molar-refractivity contribution in [2.24, 2.45) is 0 Å². The van der Waals surface area contributed by atoms with Crippen LogP contribution in [-0.4, -0.2) is 17.4 Å². The molecular formula is C14H12ClNOS. The van der Waals surface area contributed by atoms with E-state index in [4.69, 9.17) is 11.6 Å². The van der Waals surface area contributed by atoms with Gasteiger partial charge in [0.25, 0.3) is 5.91 Å². The molecule has 0 atom stereocenters. The van der Waals surface area contributed by atoms with E-state index in [9.17, 15) is 4.79 Å². The standard InChI is InChI=1S/C14H12ClNOS/c15-12-3-1-2-10(8-12)14(17)16-6-4-13-11(9-16)5-7-18-13/h1-3,5,7-8H,4,6,9H2. The second-order valence-corrected chi connectivity index (χ2v) is 5.79. The third-order valence-electron chi connectivity index (χ3n) is 3.17. The molecule has 0 spiro atoms. The fourth-order valence-corrected chi connectivity index (χ4v) is 3.31. The molecule has 2 heterocycles. The highest BCUT2D eigenvalue weighted by atomic mass is 35.5. The molecule has 0 unspecified atom stereocenters. The minimum absolute atomic E-state index is 0.0642. The van der Waals surface area contributed by atoms with Gasteiger partial charge in [-0.15, -0.1) is 11.3 Å². The Kier molecular flexibility index (Phi) is 3.10. The van der Waals surface area contributed by atoms with Crippen LogP contribution in [0.4, 0.5) is 0 Å². The van der Waals surface area contributed by atoms with E-state index in [-0.39, 0.29) is 5.91 Å². The molecule has 0 aliphatic carbocycles. The number of halogens is 1. The number of amides is 1. The largest absolute Gasteiger partial charge is 0.334 e. The third-order valence-corrected chi connectivity index (χ3v) is 4.42. The zero-order valence-electron chi connectivity index (χ0n) is 9.73. The number of carbonyl (C=O) groups excluding carboxylic acids is 1. The SMILES string of the molecule is O=C(c1cccc(Cl)c1)N1CCc2sccc2C1. The number of nitrogens with zero attached hydrogens (tertiary/aromatic N) is 1. The molecule has 92 valence electrons. The molecule has 0 saturated carbocycles. The Morgan fingerprint density at radius 3 is 3.06 bits per heavy atom. The molecule has 0 fully saturated rings. The lowest BCUT2D eigenvalue weighted by Gasteiger charge is -2.27. The first-order chi connectivity index (χ1) is 8.74. The van der Waals surface area contributed by atoms with Crippen molar-refractivity contribution in [2.45, 2.75) is 13.0 Å². The summed E-state index contributed by atoms with van der Waals surface area (Å²) in [6.07, 6.45) is 0.958. The summed E-state index contributed by atoms with van der Waals surface area (Å²) in [6, 6.07) is 9.25. The molecule has 1 aliphatic heterocycles. The van der Waals surface area contributed by atoms with Crippen LogP contribution < -0.4 is 0 Å². The molecule has 0 N–H and O–H groups in total. The van der Waals surface area contributed by atoms with Gasteiger partial charge in [-0.3, -0.25) is 4.79 Å². The highest BCUT2D eigenvalue weighted by Crippen LogP contribution is 2.25. The number of thiophene rings is 1. The Balaban J connectivity index is 1.83. The zero-order valence-corrected chi connectivity index (χ0v) is 11.3. The van der Waals surface area contributed by atoms with Crippen LogP contribution in [0.2, 0.25) is 5.02 Å². The van der Waals surface area contributed by atoms with Gasteiger partial charge in [-0.05, 0) is 41.6 Å². The van der Waals surface area contributed by atoms with Crippen molar-refractivity contribution in [3.63, 3.8) is 0 Å². The van der Waals surface area contributed by atoms with Crippen LogP contribution >= 0.6 is 22.9 Å². The summed E-state index contributed by atoms with van der Waals surface area (Å²) in [5.41, 5.74) is 1.95. The van der Waals surface area contributed by atoms with Crippen LogP contribution in [0.3, 0.4) is 0 Å². The third kappa shape index (κ3) is 2.16. The van der Waals surface area contributed by atoms with Crippen molar-refractivity contribution in [3.05, 3.63) is 56.7 Å². The molecule has 1 aliphatic rings.